The van der Waals surface area contributed by atoms with Gasteiger partial charge in [-0.1, -0.05) is 35.0 Å². The summed E-state index contributed by atoms with van der Waals surface area (Å²) in [5, 5.41) is 11.9. The zero-order chi connectivity index (χ0) is 19.2. The van der Waals surface area contributed by atoms with E-state index in [9.17, 15) is 4.79 Å². The molecule has 6 nitrogen and oxygen atoms in total. The molecule has 0 saturated carbocycles. The quantitative estimate of drug-likeness (QED) is 0.527. The van der Waals surface area contributed by atoms with E-state index in [2.05, 4.69) is 15.5 Å². The molecular weight excluding hydrogens is 409 g/mol. The second-order valence-electron chi connectivity index (χ2n) is 5.29. The van der Waals surface area contributed by atoms with Gasteiger partial charge in [0.2, 0.25) is 11.8 Å². The molecular formula is C18H15Cl2N3O3S. The Hall–Kier alpha value is -2.22. The van der Waals surface area contributed by atoms with Gasteiger partial charge in [-0.2, -0.15) is 0 Å². The molecule has 0 bridgehead atoms. The molecule has 0 aliphatic carbocycles. The smallest absolute Gasteiger partial charge is 0.277 e. The van der Waals surface area contributed by atoms with Crippen molar-refractivity contribution in [3.63, 3.8) is 0 Å². The molecule has 1 N–H and O–H groups in total. The third-order valence-corrected chi connectivity index (χ3v) is 4.71. The van der Waals surface area contributed by atoms with Gasteiger partial charge < -0.3 is 14.5 Å². The zero-order valence-electron chi connectivity index (χ0n) is 14.2. The Morgan fingerprint density at radius 2 is 1.96 bits per heavy atom. The number of amides is 1. The predicted octanol–water partition coefficient (Wildman–Crippen LogP) is 5.17. The average Bonchev–Trinajstić information content (AvgIpc) is 3.10. The van der Waals surface area contributed by atoms with Gasteiger partial charge in [0.05, 0.1) is 22.9 Å². The number of rotatable bonds is 7. The van der Waals surface area contributed by atoms with Crippen LogP contribution in [0.5, 0.6) is 5.75 Å². The van der Waals surface area contributed by atoms with E-state index in [1.165, 1.54) is 0 Å². The molecule has 0 aliphatic rings. The number of carbonyl (C=O) groups excluding carboxylic acids is 1. The largest absolute Gasteiger partial charge is 0.494 e. The maximum Gasteiger partial charge on any atom is 0.277 e. The fraction of sp³-hybridized carbons (Fsp3) is 0.167. The maximum absolute atomic E-state index is 12.1. The van der Waals surface area contributed by atoms with Crippen molar-refractivity contribution in [2.24, 2.45) is 0 Å². The first-order valence-electron chi connectivity index (χ1n) is 7.99. The number of nitrogens with zero attached hydrogens (tertiary/aromatic N) is 2. The highest BCUT2D eigenvalue weighted by atomic mass is 35.5. The lowest BCUT2D eigenvalue weighted by Gasteiger charge is -2.06. The fourth-order valence-electron chi connectivity index (χ4n) is 2.17. The summed E-state index contributed by atoms with van der Waals surface area (Å²) in [7, 11) is 0. The van der Waals surface area contributed by atoms with Crippen molar-refractivity contribution in [3.05, 3.63) is 52.5 Å². The number of halogens is 2. The van der Waals surface area contributed by atoms with Crippen molar-refractivity contribution in [1.29, 1.82) is 0 Å². The van der Waals surface area contributed by atoms with Crippen LogP contribution in [0.2, 0.25) is 10.0 Å². The van der Waals surface area contributed by atoms with Crippen LogP contribution in [0, 0.1) is 0 Å². The standard InChI is InChI=1S/C18H15Cl2N3O3S/c1-2-25-13-6-4-12(5-7-13)21-16(24)10-27-18-23-22-17(26-18)14-8-3-11(19)9-15(14)20/h3-9H,2,10H2,1H3,(H,21,24). The van der Waals surface area contributed by atoms with Gasteiger partial charge in [-0.15, -0.1) is 10.2 Å². The highest BCUT2D eigenvalue weighted by Crippen LogP contribution is 2.31. The summed E-state index contributed by atoms with van der Waals surface area (Å²) in [6, 6.07) is 12.1. The normalized spacial score (nSPS) is 10.6. The monoisotopic (exact) mass is 423 g/mol. The number of anilines is 1. The van der Waals surface area contributed by atoms with Crippen LogP contribution < -0.4 is 10.1 Å². The lowest BCUT2D eigenvalue weighted by atomic mass is 10.2. The SMILES string of the molecule is CCOc1ccc(NC(=O)CSc2nnc(-c3ccc(Cl)cc3Cl)o2)cc1. The van der Waals surface area contributed by atoms with Crippen LogP contribution in [0.25, 0.3) is 11.5 Å². The minimum Gasteiger partial charge on any atom is -0.494 e. The molecule has 0 radical (unpaired) electrons. The van der Waals surface area contributed by atoms with Crippen LogP contribution in [-0.4, -0.2) is 28.5 Å². The molecule has 1 aromatic heterocycles. The van der Waals surface area contributed by atoms with E-state index in [1.807, 2.05) is 6.92 Å². The molecule has 0 saturated heterocycles. The zero-order valence-corrected chi connectivity index (χ0v) is 16.6. The number of carbonyl (C=O) groups is 1. The van der Waals surface area contributed by atoms with Crippen molar-refractivity contribution < 1.29 is 13.9 Å². The Bertz CT molecular complexity index is 932. The van der Waals surface area contributed by atoms with E-state index in [0.717, 1.165) is 17.5 Å². The minimum absolute atomic E-state index is 0.128. The van der Waals surface area contributed by atoms with Crippen molar-refractivity contribution in [3.8, 4) is 17.2 Å². The van der Waals surface area contributed by atoms with E-state index >= 15 is 0 Å². The molecule has 9 heteroatoms. The number of benzene rings is 2. The summed E-state index contributed by atoms with van der Waals surface area (Å²) in [6.07, 6.45) is 0. The molecule has 2 aromatic carbocycles. The third kappa shape index (κ3) is 5.38. The lowest BCUT2D eigenvalue weighted by molar-refractivity contribution is -0.113. The number of nitrogens with one attached hydrogen (secondary N) is 1. The summed E-state index contributed by atoms with van der Waals surface area (Å²) in [5.41, 5.74) is 1.27. The molecule has 1 amide bonds. The van der Waals surface area contributed by atoms with Crippen LogP contribution in [0.1, 0.15) is 6.92 Å². The van der Waals surface area contributed by atoms with E-state index in [4.69, 9.17) is 32.4 Å². The van der Waals surface area contributed by atoms with Gasteiger partial charge in [-0.25, -0.2) is 0 Å². The van der Waals surface area contributed by atoms with Crippen LogP contribution in [-0.2, 0) is 4.79 Å². The van der Waals surface area contributed by atoms with Crippen molar-refractivity contribution >= 4 is 46.6 Å². The highest BCUT2D eigenvalue weighted by Gasteiger charge is 2.14. The molecule has 3 aromatic rings. The van der Waals surface area contributed by atoms with Crippen LogP contribution in [0.3, 0.4) is 0 Å². The number of aromatic nitrogens is 2. The third-order valence-electron chi connectivity index (χ3n) is 3.34. The molecule has 0 atom stereocenters. The Balaban J connectivity index is 1.55. The Labute approximate surface area is 170 Å². The number of ether oxygens (including phenoxy) is 1. The van der Waals surface area contributed by atoms with E-state index < -0.39 is 0 Å². The first kappa shape index (κ1) is 19.5. The van der Waals surface area contributed by atoms with Gasteiger partial charge in [0.25, 0.3) is 5.22 Å². The summed E-state index contributed by atoms with van der Waals surface area (Å²) < 4.78 is 10.9. The summed E-state index contributed by atoms with van der Waals surface area (Å²) >= 11 is 13.1. The lowest BCUT2D eigenvalue weighted by Crippen LogP contribution is -2.13. The van der Waals surface area contributed by atoms with Crippen LogP contribution >= 0.6 is 35.0 Å². The van der Waals surface area contributed by atoms with Gasteiger partial charge >= 0.3 is 0 Å². The molecule has 140 valence electrons. The Morgan fingerprint density at radius 1 is 1.19 bits per heavy atom. The number of hydrogen-bond acceptors (Lipinski definition) is 6. The first-order valence-corrected chi connectivity index (χ1v) is 9.73. The average molecular weight is 424 g/mol. The second kappa shape index (κ2) is 9.12. The van der Waals surface area contributed by atoms with Crippen LogP contribution in [0.15, 0.2) is 52.1 Å². The van der Waals surface area contributed by atoms with Crippen molar-refractivity contribution in [1.82, 2.24) is 10.2 Å². The van der Waals surface area contributed by atoms with Crippen molar-refractivity contribution in [2.45, 2.75) is 12.1 Å². The Morgan fingerprint density at radius 3 is 2.67 bits per heavy atom. The maximum atomic E-state index is 12.1. The van der Waals surface area contributed by atoms with Gasteiger partial charge in [0, 0.05) is 10.7 Å². The van der Waals surface area contributed by atoms with E-state index in [-0.39, 0.29) is 22.8 Å². The first-order chi connectivity index (χ1) is 13.0. The van der Waals surface area contributed by atoms with Gasteiger partial charge in [0.1, 0.15) is 5.75 Å². The van der Waals surface area contributed by atoms with Crippen LogP contribution in [0.4, 0.5) is 5.69 Å². The highest BCUT2D eigenvalue weighted by molar-refractivity contribution is 7.99. The van der Waals surface area contributed by atoms with Crippen molar-refractivity contribution in [2.75, 3.05) is 17.7 Å². The van der Waals surface area contributed by atoms with E-state index in [0.29, 0.717) is 27.9 Å². The molecule has 1 heterocycles. The molecule has 0 unspecified atom stereocenters. The Kier molecular flexibility index (Phi) is 6.60. The predicted molar refractivity (Wildman–Crippen MR) is 107 cm³/mol. The molecule has 3 rings (SSSR count). The van der Waals surface area contributed by atoms with Gasteiger partial charge in [0.15, 0.2) is 0 Å². The summed E-state index contributed by atoms with van der Waals surface area (Å²) in [4.78, 5) is 12.1. The topological polar surface area (TPSA) is 77.2 Å². The minimum atomic E-state index is -0.187. The molecule has 0 aliphatic heterocycles. The van der Waals surface area contributed by atoms with E-state index in [1.54, 1.807) is 42.5 Å². The molecule has 0 spiro atoms. The number of hydrogen-bond donors (Lipinski definition) is 1. The fourth-order valence-corrected chi connectivity index (χ4v) is 3.22. The van der Waals surface area contributed by atoms with Gasteiger partial charge in [-0.3, -0.25) is 4.79 Å². The second-order valence-corrected chi connectivity index (χ2v) is 7.06. The number of thioether (sulfide) groups is 1. The van der Waals surface area contributed by atoms with Gasteiger partial charge in [-0.05, 0) is 49.4 Å². The molecule has 0 fully saturated rings. The molecule has 27 heavy (non-hydrogen) atoms. The summed E-state index contributed by atoms with van der Waals surface area (Å²) in [6.45, 7) is 2.51. The summed E-state index contributed by atoms with van der Waals surface area (Å²) in [5.74, 6) is 0.965.